The summed E-state index contributed by atoms with van der Waals surface area (Å²) in [6.07, 6.45) is 0. The third-order valence-electron chi connectivity index (χ3n) is 3.68. The van der Waals surface area contributed by atoms with Crippen molar-refractivity contribution < 1.29 is 14.3 Å². The number of hydrogen-bond acceptors (Lipinski definition) is 3. The lowest BCUT2D eigenvalue weighted by Gasteiger charge is -2.09. The summed E-state index contributed by atoms with van der Waals surface area (Å²) in [5.74, 6) is 0.913. The fourth-order valence-electron chi connectivity index (χ4n) is 2.31. The van der Waals surface area contributed by atoms with Crippen LogP contribution in [0.25, 0.3) is 0 Å². The Bertz CT molecular complexity index is 858. The largest absolute Gasteiger partial charge is 0.489 e. The van der Waals surface area contributed by atoms with E-state index < -0.39 is 5.97 Å². The van der Waals surface area contributed by atoms with Gasteiger partial charge in [-0.2, -0.15) is 0 Å². The van der Waals surface area contributed by atoms with Gasteiger partial charge in [0, 0.05) is 5.02 Å². The Balaban J connectivity index is 1.62. The van der Waals surface area contributed by atoms with Crippen molar-refractivity contribution in [3.63, 3.8) is 0 Å². The lowest BCUT2D eigenvalue weighted by molar-refractivity contribution is 0.0733. The quantitative estimate of drug-likeness (QED) is 0.452. The van der Waals surface area contributed by atoms with E-state index in [0.717, 1.165) is 16.9 Å². The summed E-state index contributed by atoms with van der Waals surface area (Å²) in [5, 5.41) is 0.611. The zero-order valence-electron chi connectivity index (χ0n) is 13.7. The minimum Gasteiger partial charge on any atom is -0.489 e. The number of halogens is 1. The zero-order valence-corrected chi connectivity index (χ0v) is 14.5. The number of esters is 1. The average molecular weight is 353 g/mol. The van der Waals surface area contributed by atoms with E-state index in [1.165, 1.54) is 0 Å². The molecule has 0 aliphatic rings. The standard InChI is InChI=1S/C21H17ClO3/c1-15-13-18(22)11-12-20(15)25-21(23)17-9-7-16(8-10-17)14-24-19-5-3-2-4-6-19/h2-13H,14H2,1H3. The molecule has 126 valence electrons. The fraction of sp³-hybridized carbons (Fsp3) is 0.0952. The van der Waals surface area contributed by atoms with Gasteiger partial charge < -0.3 is 9.47 Å². The van der Waals surface area contributed by atoms with Crippen LogP contribution in [0.15, 0.2) is 72.8 Å². The molecular weight excluding hydrogens is 336 g/mol. The van der Waals surface area contributed by atoms with Crippen LogP contribution in [0, 0.1) is 6.92 Å². The van der Waals surface area contributed by atoms with Crippen molar-refractivity contribution in [3.8, 4) is 11.5 Å². The number of carbonyl (C=O) groups excluding carboxylic acids is 1. The molecule has 0 saturated carbocycles. The lowest BCUT2D eigenvalue weighted by atomic mass is 10.1. The molecule has 4 heteroatoms. The number of benzene rings is 3. The minimum absolute atomic E-state index is 0.402. The van der Waals surface area contributed by atoms with Crippen molar-refractivity contribution in [1.29, 1.82) is 0 Å². The maximum atomic E-state index is 12.3. The summed E-state index contributed by atoms with van der Waals surface area (Å²) in [7, 11) is 0. The summed E-state index contributed by atoms with van der Waals surface area (Å²) < 4.78 is 11.1. The van der Waals surface area contributed by atoms with Crippen molar-refractivity contribution in [2.45, 2.75) is 13.5 Å². The van der Waals surface area contributed by atoms with Crippen LogP contribution in [0.3, 0.4) is 0 Å². The van der Waals surface area contributed by atoms with E-state index in [0.29, 0.717) is 22.9 Å². The van der Waals surface area contributed by atoms with E-state index in [1.54, 1.807) is 30.3 Å². The van der Waals surface area contributed by atoms with E-state index in [-0.39, 0.29) is 0 Å². The SMILES string of the molecule is Cc1cc(Cl)ccc1OC(=O)c1ccc(COc2ccccc2)cc1. The first kappa shape index (κ1) is 17.1. The van der Waals surface area contributed by atoms with Crippen LogP contribution in [0.1, 0.15) is 21.5 Å². The summed E-state index contributed by atoms with van der Waals surface area (Å²) in [5.41, 5.74) is 2.27. The van der Waals surface area contributed by atoms with E-state index in [9.17, 15) is 4.79 Å². The van der Waals surface area contributed by atoms with Crippen LogP contribution in [0.5, 0.6) is 11.5 Å². The monoisotopic (exact) mass is 352 g/mol. The van der Waals surface area contributed by atoms with E-state index in [4.69, 9.17) is 21.1 Å². The van der Waals surface area contributed by atoms with Crippen molar-refractivity contribution >= 4 is 17.6 Å². The molecule has 0 fully saturated rings. The van der Waals surface area contributed by atoms with Gasteiger partial charge in [-0.3, -0.25) is 0 Å². The molecular formula is C21H17ClO3. The molecule has 3 rings (SSSR count). The molecule has 0 atom stereocenters. The van der Waals surface area contributed by atoms with Crippen molar-refractivity contribution in [1.82, 2.24) is 0 Å². The van der Waals surface area contributed by atoms with Gasteiger partial charge in [0.2, 0.25) is 0 Å². The zero-order chi connectivity index (χ0) is 17.6. The highest BCUT2D eigenvalue weighted by atomic mass is 35.5. The highest BCUT2D eigenvalue weighted by molar-refractivity contribution is 6.30. The maximum Gasteiger partial charge on any atom is 0.343 e. The molecule has 0 heterocycles. The smallest absolute Gasteiger partial charge is 0.343 e. The maximum absolute atomic E-state index is 12.3. The van der Waals surface area contributed by atoms with Gasteiger partial charge in [0.25, 0.3) is 0 Å². The molecule has 3 aromatic rings. The molecule has 0 amide bonds. The van der Waals surface area contributed by atoms with Crippen LogP contribution < -0.4 is 9.47 Å². The number of hydrogen-bond donors (Lipinski definition) is 0. The number of para-hydroxylation sites is 1. The molecule has 25 heavy (non-hydrogen) atoms. The lowest BCUT2D eigenvalue weighted by Crippen LogP contribution is -2.09. The van der Waals surface area contributed by atoms with Gasteiger partial charge in [0.05, 0.1) is 5.56 Å². The Morgan fingerprint density at radius 1 is 0.960 bits per heavy atom. The molecule has 3 aromatic carbocycles. The highest BCUT2D eigenvalue weighted by Crippen LogP contribution is 2.23. The minimum atomic E-state index is -0.402. The molecule has 0 aliphatic carbocycles. The molecule has 0 spiro atoms. The normalized spacial score (nSPS) is 10.3. The second kappa shape index (κ2) is 7.86. The Morgan fingerprint density at radius 3 is 2.36 bits per heavy atom. The predicted octanol–water partition coefficient (Wildman–Crippen LogP) is 5.45. The molecule has 0 aromatic heterocycles. The van der Waals surface area contributed by atoms with Crippen LogP contribution in [-0.2, 0) is 6.61 Å². The van der Waals surface area contributed by atoms with Gasteiger partial charge in [0.1, 0.15) is 18.1 Å². The summed E-state index contributed by atoms with van der Waals surface area (Å²) in [4.78, 5) is 12.3. The van der Waals surface area contributed by atoms with Crippen LogP contribution >= 0.6 is 11.6 Å². The van der Waals surface area contributed by atoms with E-state index in [2.05, 4.69) is 0 Å². The third-order valence-corrected chi connectivity index (χ3v) is 3.91. The van der Waals surface area contributed by atoms with Crippen LogP contribution in [0.2, 0.25) is 5.02 Å². The summed E-state index contributed by atoms with van der Waals surface area (Å²) >= 11 is 5.91. The Kier molecular flexibility index (Phi) is 5.36. The first-order valence-electron chi connectivity index (χ1n) is 7.87. The second-order valence-electron chi connectivity index (χ2n) is 5.60. The van der Waals surface area contributed by atoms with Crippen LogP contribution in [0.4, 0.5) is 0 Å². The van der Waals surface area contributed by atoms with Gasteiger partial charge in [0.15, 0.2) is 0 Å². The van der Waals surface area contributed by atoms with Gasteiger partial charge in [-0.05, 0) is 60.5 Å². The molecule has 0 unspecified atom stereocenters. The van der Waals surface area contributed by atoms with Crippen molar-refractivity contribution in [2.75, 3.05) is 0 Å². The number of ether oxygens (including phenoxy) is 2. The Hall–Kier alpha value is -2.78. The van der Waals surface area contributed by atoms with Crippen molar-refractivity contribution in [2.24, 2.45) is 0 Å². The Morgan fingerprint density at radius 2 is 1.68 bits per heavy atom. The number of carbonyl (C=O) groups is 1. The van der Waals surface area contributed by atoms with Gasteiger partial charge in [-0.15, -0.1) is 0 Å². The summed E-state index contributed by atoms with van der Waals surface area (Å²) in [6, 6.07) is 21.9. The first-order valence-corrected chi connectivity index (χ1v) is 8.25. The number of aryl methyl sites for hydroxylation is 1. The molecule has 3 nitrogen and oxygen atoms in total. The van der Waals surface area contributed by atoms with E-state index >= 15 is 0 Å². The average Bonchev–Trinajstić information content (AvgIpc) is 2.63. The molecule has 0 radical (unpaired) electrons. The van der Waals surface area contributed by atoms with E-state index in [1.807, 2.05) is 49.4 Å². The van der Waals surface area contributed by atoms with Gasteiger partial charge >= 0.3 is 5.97 Å². The molecule has 0 saturated heterocycles. The number of rotatable bonds is 5. The molecule has 0 bridgehead atoms. The fourth-order valence-corrected chi connectivity index (χ4v) is 2.53. The summed E-state index contributed by atoms with van der Waals surface area (Å²) in [6.45, 7) is 2.29. The molecule has 0 N–H and O–H groups in total. The van der Waals surface area contributed by atoms with Crippen molar-refractivity contribution in [3.05, 3.63) is 94.5 Å². The highest BCUT2D eigenvalue weighted by Gasteiger charge is 2.10. The Labute approximate surface area is 151 Å². The van der Waals surface area contributed by atoms with Gasteiger partial charge in [-0.1, -0.05) is 41.9 Å². The third kappa shape index (κ3) is 4.61. The first-order chi connectivity index (χ1) is 12.1. The molecule has 0 aliphatic heterocycles. The van der Waals surface area contributed by atoms with Gasteiger partial charge in [-0.25, -0.2) is 4.79 Å². The topological polar surface area (TPSA) is 35.5 Å². The van der Waals surface area contributed by atoms with Crippen LogP contribution in [-0.4, -0.2) is 5.97 Å². The predicted molar refractivity (Wildman–Crippen MR) is 98.4 cm³/mol. The second-order valence-corrected chi connectivity index (χ2v) is 6.03.